The molecule has 10 amide bonds. The molecule has 5 aromatic rings. The van der Waals surface area contributed by atoms with Gasteiger partial charge in [0, 0.05) is 124 Å². The number of hydrogen-bond donors (Lipinski definition) is 19. The predicted octanol–water partition coefficient (Wildman–Crippen LogP) is -2.70. The molecule has 3 aromatic heterocycles. The number of carbonyl (C=O) groups excluding carboxylic acids is 24. The molecular weight excluding hydrogens is 1930 g/mol. The Morgan fingerprint density at radius 1 is 0.704 bits per heavy atom. The zero-order valence-electron chi connectivity index (χ0n) is 77.9. The minimum absolute atomic E-state index is 0.0325. The maximum atomic E-state index is 15.2. The van der Waals surface area contributed by atoms with Crippen LogP contribution in [-0.2, 0) is 139 Å². The number of aryl methyl sites for hydroxylation is 2. The first-order valence-electron chi connectivity index (χ1n) is 44.2. The van der Waals surface area contributed by atoms with Gasteiger partial charge in [0.1, 0.15) is 37.1 Å². The number of H-pyrrole nitrogens is 2. The Morgan fingerprint density at radius 2 is 1.36 bits per heavy atom. The third-order valence-electron chi connectivity index (χ3n) is 22.6. The number of nitrogens with one attached hydrogen (secondary N) is 12. The van der Waals surface area contributed by atoms with Gasteiger partial charge in [0.25, 0.3) is 5.56 Å². The van der Waals surface area contributed by atoms with Gasteiger partial charge >= 0.3 is 36.7 Å². The number of phenolic OH excluding ortho intramolecular Hbond substituents is 1. The molecule has 1 saturated heterocycles. The molecule has 2 aromatic carbocycles. The first-order valence-corrected chi connectivity index (χ1v) is 47.6. The summed E-state index contributed by atoms with van der Waals surface area (Å²) in [6, 6.07) is 0.639. The largest absolute Gasteiger partial charge is 0.508 e. The maximum Gasteiger partial charge on any atom is 0.508 e. The number of amides is 10. The normalized spacial score (nSPS) is 18.9. The molecule has 6 heterocycles. The monoisotopic (exact) mass is 2040 g/mol. The van der Waals surface area contributed by atoms with Crippen LogP contribution in [0.2, 0.25) is 0 Å². The molecule has 54 heteroatoms. The summed E-state index contributed by atoms with van der Waals surface area (Å²) < 4.78 is 10.5. The molecular formula is C88H113N19O32S3. The number of fused-ring (bicyclic) bond motifs is 6. The second kappa shape index (κ2) is 61.7. The molecule has 22 N–H and O–H groups in total. The molecule has 3 aliphatic rings. The van der Waals surface area contributed by atoms with Crippen LogP contribution in [0.4, 0.5) is 10.7 Å². The van der Waals surface area contributed by atoms with Gasteiger partial charge in [-0.3, -0.25) is 91.9 Å². The van der Waals surface area contributed by atoms with Gasteiger partial charge in [0.15, 0.2) is 46.0 Å². The van der Waals surface area contributed by atoms with Crippen molar-refractivity contribution in [2.45, 2.75) is 204 Å². The number of hydrogen-bond acceptors (Lipinski definition) is 39. The second-order valence-corrected chi connectivity index (χ2v) is 36.5. The van der Waals surface area contributed by atoms with E-state index in [9.17, 15) is 102 Å². The number of aromatic amines is 2. The van der Waals surface area contributed by atoms with Crippen molar-refractivity contribution in [3.05, 3.63) is 81.4 Å². The van der Waals surface area contributed by atoms with Crippen molar-refractivity contribution < 1.29 is 150 Å². The van der Waals surface area contributed by atoms with Crippen LogP contribution in [0.15, 0.2) is 58.5 Å². The Bertz CT molecular complexity index is 5480. The number of guanidine groups is 1. The molecule has 1 unspecified atom stereocenters. The van der Waals surface area contributed by atoms with E-state index in [-0.39, 0.29) is 127 Å². The number of carboxylic acids is 1. The van der Waals surface area contributed by atoms with Crippen molar-refractivity contribution >= 4 is 192 Å². The standard InChI is InChI=1S/C84H113N19O24S3.4CO2/c1-7-40(2)70-60(106)19-21-68(114)96-58-39-128-79-54(52-18-17-50(104)30-55(52)99-79)32-56(76(119)92-36-69(115)100-70)97-75(118)53(33-64(110)59-31-51(105)37-103(59)80(122)57(34-66(85)112)98-77(58)120)42(4)65(111)38-127-84(125)126-24-26-130-129-25-23-89-73(116)41(3)27-61(107)44(6)94-74(117)47(9-8-22-90-82(86)87)28-62(108)43(5)93-67(113)20-15-48(81(123)124)29-63(109)46-13-10-45(11-14-46)12-16-49-35-91-72-71(95-49)78(121)102-83(88)101-72;4*2-1-3/h10-11,13-14,17-18,30,35,40-44,47-48,51,53,56-59,65,70,99,104-105,111H,7-9,12,15-16,19-29,31-34,36-39H2,1-6H3,(H2,85,112)(H,89,116)(H,92,119)(H,93,113)(H,94,117)(H,96,114)(H,97,118)(H,98,120)(H,100,115)(H,123,124)(H4,86,87,90)(H3,88,91,101,102,121);;;;/t40?,41-,42+,43+,44+,47-,48-,51-,53+,56+,57+,58-,59+,65+,70+;;;;/m1..../s1. The van der Waals surface area contributed by atoms with Crippen molar-refractivity contribution in [2.24, 2.45) is 47.0 Å². The summed E-state index contributed by atoms with van der Waals surface area (Å²) in [5.41, 5.74) is 18.4. The number of benzene rings is 2. The molecule has 0 aliphatic carbocycles. The first-order chi connectivity index (χ1) is 67.3. The third kappa shape index (κ3) is 40.3. The van der Waals surface area contributed by atoms with E-state index in [4.69, 9.17) is 70.4 Å². The SMILES string of the molecule is CCC(C)[C@@H]1NC(=O)CNC(=O)[C@@H]2Cc3c([nH]c4cc(O)ccc34)SC[C@@H](NC(=O)CCC1=O)C(=O)N[C@@H](CC(N)=O)C(=O)N1C[C@H](O)C[C@H]1C(=O)C[C@@H]([C@H](C)[C@@H](O)COC(=O)OCCSSCCNC(=O)[C@H](C)CC(=O)[C@H](C)NC(=O)[C@H](CCCNC(=N)N)CC(=O)[C@H](C)NC(=O)CC[C@H](CC(=O)c1ccc(CCc3cnc4nc(N)[nH]c(=O)c4n3)cc1)C(=O)O)C(=O)N2.O=C=O.O=C=O.O=C=O.O=C=O. The number of ketones is 5. The van der Waals surface area contributed by atoms with Crippen LogP contribution in [0.1, 0.15) is 152 Å². The molecule has 0 spiro atoms. The first kappa shape index (κ1) is 120. The van der Waals surface area contributed by atoms with Crippen LogP contribution in [-0.4, -0.2) is 292 Å². The van der Waals surface area contributed by atoms with Crippen LogP contribution in [0.5, 0.6) is 5.75 Å². The summed E-state index contributed by atoms with van der Waals surface area (Å²) in [4.78, 5) is 330. The Kier molecular flexibility index (Phi) is 52.0. The van der Waals surface area contributed by atoms with Crippen molar-refractivity contribution in [1.82, 2.24) is 77.7 Å². The summed E-state index contributed by atoms with van der Waals surface area (Å²) in [6.07, 6.45) is -5.60. The fourth-order valence-electron chi connectivity index (χ4n) is 14.8. The van der Waals surface area contributed by atoms with E-state index in [1.165, 1.54) is 73.7 Å². The number of carbonyl (C=O) groups is 17. The third-order valence-corrected chi connectivity index (χ3v) is 26.1. The van der Waals surface area contributed by atoms with Gasteiger partial charge in [-0.05, 0) is 81.0 Å². The van der Waals surface area contributed by atoms with Crippen LogP contribution in [0, 0.1) is 40.9 Å². The summed E-state index contributed by atoms with van der Waals surface area (Å²) in [7, 11) is 2.52. The van der Waals surface area contributed by atoms with E-state index in [2.05, 4.69) is 72.8 Å². The number of nitrogens with two attached hydrogens (primary N) is 3. The highest BCUT2D eigenvalue weighted by atomic mass is 33.1. The lowest BCUT2D eigenvalue weighted by atomic mass is 9.83. The Labute approximate surface area is 821 Å². The number of Topliss-reactive ketones (excluding diaryl/α,β-unsaturated/α-hetero) is 5. The van der Waals surface area contributed by atoms with Gasteiger partial charge in [0.05, 0.1) is 83.6 Å². The number of aliphatic hydroxyl groups is 2. The number of aromatic hydroxyl groups is 1. The van der Waals surface area contributed by atoms with E-state index in [0.29, 0.717) is 47.2 Å². The Morgan fingerprint density at radius 3 is 2.01 bits per heavy atom. The number of rotatable bonds is 39. The number of aliphatic hydroxyl groups excluding tert-OH is 2. The lowest BCUT2D eigenvalue weighted by molar-refractivity contribution is -0.193. The van der Waals surface area contributed by atoms with Gasteiger partial charge in [-0.25, -0.2) is 14.8 Å². The molecule has 2 bridgehead atoms. The van der Waals surface area contributed by atoms with E-state index >= 15 is 4.79 Å². The van der Waals surface area contributed by atoms with Crippen molar-refractivity contribution in [1.29, 1.82) is 5.41 Å². The van der Waals surface area contributed by atoms with Crippen LogP contribution < -0.4 is 70.6 Å². The van der Waals surface area contributed by atoms with Crippen LogP contribution in [0.25, 0.3) is 22.1 Å². The highest BCUT2D eigenvalue weighted by Crippen LogP contribution is 2.35. The second-order valence-electron chi connectivity index (χ2n) is 32.8. The fraction of sp³-hybridized carbons (Fsp3) is 0.523. The van der Waals surface area contributed by atoms with Crippen molar-refractivity contribution in [2.75, 3.05) is 62.4 Å². The molecule has 0 radical (unpaired) electrons. The molecule has 1 fully saturated rings. The number of phenols is 1. The number of aliphatic carboxylic acids is 1. The number of carboxylic acid groups (broad SMARTS) is 1. The summed E-state index contributed by atoms with van der Waals surface area (Å²) >= 11 is 0.922. The Balaban J connectivity index is 0.00000333. The van der Waals surface area contributed by atoms with E-state index in [1.54, 1.807) is 38.1 Å². The predicted molar refractivity (Wildman–Crippen MR) is 494 cm³/mol. The van der Waals surface area contributed by atoms with Gasteiger partial charge in [-0.2, -0.15) is 43.3 Å². The topological polar surface area (TPSA) is 827 Å². The molecule has 0 saturated carbocycles. The molecule has 51 nitrogen and oxygen atoms in total. The van der Waals surface area contributed by atoms with Gasteiger partial charge < -0.3 is 105 Å². The zero-order valence-corrected chi connectivity index (χ0v) is 80.4. The quantitative estimate of drug-likeness (QED) is 0.00475. The van der Waals surface area contributed by atoms with Gasteiger partial charge in [-0.1, -0.05) is 80.0 Å². The number of aromatic nitrogens is 5. The average molecular weight is 2050 g/mol. The van der Waals surface area contributed by atoms with Crippen LogP contribution in [0.3, 0.4) is 0 Å². The highest BCUT2D eigenvalue weighted by molar-refractivity contribution is 8.76. The summed E-state index contributed by atoms with van der Waals surface area (Å²) in [5, 5.41) is 75.1. The minimum atomic E-state index is -1.82. The Hall–Kier alpha value is -14.7. The highest BCUT2D eigenvalue weighted by Gasteiger charge is 2.46. The van der Waals surface area contributed by atoms with Gasteiger partial charge in [0.2, 0.25) is 65.0 Å². The lowest BCUT2D eigenvalue weighted by Crippen LogP contribution is -2.57. The molecule has 770 valence electrons. The zero-order chi connectivity index (χ0) is 106. The fourth-order valence-corrected chi connectivity index (χ4v) is 17.7. The molecule has 142 heavy (non-hydrogen) atoms. The lowest BCUT2D eigenvalue weighted by Gasteiger charge is -2.32. The molecule has 8 rings (SSSR count). The number of thioether (sulfide) groups is 1. The number of nitrogen functional groups attached to an aromatic ring is 1. The number of nitrogens with zero attached hydrogens (tertiary/aromatic N) is 4. The van der Waals surface area contributed by atoms with Crippen molar-refractivity contribution in [3.8, 4) is 5.75 Å². The molecule has 3 aliphatic heterocycles. The van der Waals surface area contributed by atoms with Crippen molar-refractivity contribution in [3.63, 3.8) is 0 Å². The van der Waals surface area contributed by atoms with E-state index in [1.807, 2.05) is 0 Å². The van der Waals surface area contributed by atoms with Gasteiger partial charge in [-0.15, -0.1) is 11.8 Å². The maximum absolute atomic E-state index is 15.2. The molecule has 15 atom stereocenters. The summed E-state index contributed by atoms with van der Waals surface area (Å²) in [5.74, 6) is -20.3. The number of primary amides is 1. The number of ether oxygens (including phenoxy) is 2. The minimum Gasteiger partial charge on any atom is -0.508 e. The number of anilines is 1. The average Bonchev–Trinajstić information content (AvgIpc) is 1.73. The smallest absolute Gasteiger partial charge is 0.508 e. The van der Waals surface area contributed by atoms with Crippen LogP contribution >= 0.6 is 33.3 Å². The van der Waals surface area contributed by atoms with E-state index < -0.39 is 267 Å². The summed E-state index contributed by atoms with van der Waals surface area (Å²) in [6.45, 7) is 7.02. The van der Waals surface area contributed by atoms with E-state index in [0.717, 1.165) is 22.2 Å².